The summed E-state index contributed by atoms with van der Waals surface area (Å²) in [5, 5.41) is 0. The van der Waals surface area contributed by atoms with Gasteiger partial charge in [0.2, 0.25) is 0 Å². The number of thioether (sulfide) groups is 1. The summed E-state index contributed by atoms with van der Waals surface area (Å²) in [6.07, 6.45) is 0.960. The Morgan fingerprint density at radius 1 is 1.57 bits per heavy atom. The second-order valence-corrected chi connectivity index (χ2v) is 4.37. The maximum absolute atomic E-state index is 12.7. The molecule has 0 unspecified atom stereocenters. The fraction of sp³-hybridized carbons (Fsp3) is 0.273. The van der Waals surface area contributed by atoms with Crippen LogP contribution in [0.1, 0.15) is 13.3 Å². The molecule has 0 aliphatic rings. The van der Waals surface area contributed by atoms with Gasteiger partial charge in [-0.15, -0.1) is 18.3 Å². The number of hydrogen-bond donors (Lipinski definition) is 1. The van der Waals surface area contributed by atoms with Gasteiger partial charge in [0.1, 0.15) is 5.82 Å². The molecule has 0 aliphatic carbocycles. The van der Waals surface area contributed by atoms with E-state index in [0.29, 0.717) is 5.69 Å². The van der Waals surface area contributed by atoms with Gasteiger partial charge in [-0.05, 0) is 31.5 Å². The van der Waals surface area contributed by atoms with Gasteiger partial charge in [0, 0.05) is 16.3 Å². The van der Waals surface area contributed by atoms with Crippen molar-refractivity contribution in [3.63, 3.8) is 0 Å². The molecule has 0 saturated heterocycles. The molecule has 0 radical (unpaired) electrons. The molecule has 3 heteroatoms. The summed E-state index contributed by atoms with van der Waals surface area (Å²) >= 11 is 1.63. The first-order valence-electron chi connectivity index (χ1n) is 4.42. The topological polar surface area (TPSA) is 26.0 Å². The average Bonchev–Trinajstić information content (AvgIpc) is 2.08. The molecule has 0 aromatic heterocycles. The predicted molar refractivity (Wildman–Crippen MR) is 61.0 cm³/mol. The van der Waals surface area contributed by atoms with Gasteiger partial charge in [-0.2, -0.15) is 0 Å². The maximum atomic E-state index is 12.7. The molecule has 0 aliphatic heterocycles. The third-order valence-corrected chi connectivity index (χ3v) is 2.85. The first kappa shape index (κ1) is 11.1. The molecule has 0 amide bonds. The van der Waals surface area contributed by atoms with E-state index in [1.165, 1.54) is 12.1 Å². The maximum Gasteiger partial charge on any atom is 0.125 e. The lowest BCUT2D eigenvalue weighted by atomic mass is 10.3. The molecule has 1 nitrogen and oxygen atoms in total. The molecule has 0 bridgehead atoms. The van der Waals surface area contributed by atoms with Crippen LogP contribution < -0.4 is 5.73 Å². The SMILES string of the molecule is C=C(C)CCSc1ccc(F)cc1N. The molecular weight excluding hydrogens is 197 g/mol. The highest BCUT2D eigenvalue weighted by atomic mass is 32.2. The van der Waals surface area contributed by atoms with E-state index in [-0.39, 0.29) is 5.82 Å². The minimum absolute atomic E-state index is 0.285. The summed E-state index contributed by atoms with van der Waals surface area (Å²) in [7, 11) is 0. The number of allylic oxidation sites excluding steroid dienone is 1. The molecule has 0 saturated carbocycles. The molecule has 1 aromatic carbocycles. The summed E-state index contributed by atoms with van der Waals surface area (Å²) in [5.74, 6) is 0.650. The monoisotopic (exact) mass is 211 g/mol. The highest BCUT2D eigenvalue weighted by Crippen LogP contribution is 2.26. The molecule has 0 heterocycles. The van der Waals surface area contributed by atoms with E-state index in [4.69, 9.17) is 5.73 Å². The lowest BCUT2D eigenvalue weighted by molar-refractivity contribution is 0.627. The molecule has 2 N–H and O–H groups in total. The smallest absolute Gasteiger partial charge is 0.125 e. The summed E-state index contributed by atoms with van der Waals surface area (Å²) in [4.78, 5) is 0.938. The highest BCUT2D eigenvalue weighted by molar-refractivity contribution is 7.99. The molecule has 1 aromatic rings. The van der Waals surface area contributed by atoms with Gasteiger partial charge in [-0.1, -0.05) is 5.57 Å². The van der Waals surface area contributed by atoms with Gasteiger partial charge in [0.25, 0.3) is 0 Å². The summed E-state index contributed by atoms with van der Waals surface area (Å²) in [6, 6.07) is 4.50. The van der Waals surface area contributed by atoms with Crippen LogP contribution in [0.4, 0.5) is 10.1 Å². The Morgan fingerprint density at radius 2 is 2.29 bits per heavy atom. The summed E-state index contributed by atoms with van der Waals surface area (Å²) in [6.45, 7) is 5.81. The van der Waals surface area contributed by atoms with Crippen molar-refractivity contribution in [2.75, 3.05) is 11.5 Å². The van der Waals surface area contributed by atoms with Gasteiger partial charge in [0.05, 0.1) is 0 Å². The van der Waals surface area contributed by atoms with E-state index in [9.17, 15) is 4.39 Å². The van der Waals surface area contributed by atoms with Crippen molar-refractivity contribution in [3.05, 3.63) is 36.2 Å². The van der Waals surface area contributed by atoms with Crippen LogP contribution in [0.3, 0.4) is 0 Å². The molecular formula is C11H14FNS. The Balaban J connectivity index is 2.55. The minimum atomic E-state index is -0.285. The van der Waals surface area contributed by atoms with Crippen LogP contribution in [-0.2, 0) is 0 Å². The second kappa shape index (κ2) is 5.05. The van der Waals surface area contributed by atoms with E-state index >= 15 is 0 Å². The normalized spacial score (nSPS) is 10.1. The van der Waals surface area contributed by atoms with Crippen LogP contribution in [0.5, 0.6) is 0 Å². The van der Waals surface area contributed by atoms with Crippen molar-refractivity contribution >= 4 is 17.4 Å². The number of anilines is 1. The van der Waals surface area contributed by atoms with E-state index in [1.54, 1.807) is 17.8 Å². The fourth-order valence-electron chi connectivity index (χ4n) is 0.986. The number of halogens is 1. The van der Waals surface area contributed by atoms with Gasteiger partial charge in [0.15, 0.2) is 0 Å². The first-order chi connectivity index (χ1) is 6.59. The van der Waals surface area contributed by atoms with Crippen molar-refractivity contribution in [2.24, 2.45) is 0 Å². The summed E-state index contributed by atoms with van der Waals surface area (Å²) < 4.78 is 12.7. The van der Waals surface area contributed by atoms with Crippen LogP contribution in [-0.4, -0.2) is 5.75 Å². The minimum Gasteiger partial charge on any atom is -0.398 e. The second-order valence-electron chi connectivity index (χ2n) is 3.24. The third kappa shape index (κ3) is 3.42. The Morgan fingerprint density at radius 3 is 2.86 bits per heavy atom. The van der Waals surface area contributed by atoms with Gasteiger partial charge in [-0.3, -0.25) is 0 Å². The molecule has 76 valence electrons. The Kier molecular flexibility index (Phi) is 4.01. The van der Waals surface area contributed by atoms with E-state index in [1.807, 2.05) is 6.92 Å². The lowest BCUT2D eigenvalue weighted by Crippen LogP contribution is -1.90. The zero-order chi connectivity index (χ0) is 10.6. The van der Waals surface area contributed by atoms with Crippen molar-refractivity contribution in [1.29, 1.82) is 0 Å². The van der Waals surface area contributed by atoms with Crippen LogP contribution in [0.15, 0.2) is 35.2 Å². The standard InChI is InChI=1S/C11H14FNS/c1-8(2)5-6-14-11-4-3-9(12)7-10(11)13/h3-4,7H,1,5-6,13H2,2H3. The number of hydrogen-bond acceptors (Lipinski definition) is 2. The van der Waals surface area contributed by atoms with Crippen LogP contribution in [0.2, 0.25) is 0 Å². The van der Waals surface area contributed by atoms with Crippen molar-refractivity contribution < 1.29 is 4.39 Å². The first-order valence-corrected chi connectivity index (χ1v) is 5.40. The number of rotatable bonds is 4. The number of nitrogen functional groups attached to an aromatic ring is 1. The van der Waals surface area contributed by atoms with Gasteiger partial charge < -0.3 is 5.73 Å². The number of benzene rings is 1. The average molecular weight is 211 g/mol. The molecule has 0 atom stereocenters. The van der Waals surface area contributed by atoms with E-state index < -0.39 is 0 Å². The zero-order valence-electron chi connectivity index (χ0n) is 8.22. The van der Waals surface area contributed by atoms with Crippen LogP contribution in [0.25, 0.3) is 0 Å². The predicted octanol–water partition coefficient (Wildman–Crippen LogP) is 3.47. The van der Waals surface area contributed by atoms with Gasteiger partial charge >= 0.3 is 0 Å². The third-order valence-electron chi connectivity index (χ3n) is 1.76. The van der Waals surface area contributed by atoms with Crippen molar-refractivity contribution in [1.82, 2.24) is 0 Å². The lowest BCUT2D eigenvalue weighted by Gasteiger charge is -2.04. The molecule has 1 rings (SSSR count). The van der Waals surface area contributed by atoms with Crippen LogP contribution >= 0.6 is 11.8 Å². The fourth-order valence-corrected chi connectivity index (χ4v) is 2.05. The van der Waals surface area contributed by atoms with Crippen molar-refractivity contribution in [3.8, 4) is 0 Å². The zero-order valence-corrected chi connectivity index (χ0v) is 9.03. The molecule has 14 heavy (non-hydrogen) atoms. The quantitative estimate of drug-likeness (QED) is 0.469. The van der Waals surface area contributed by atoms with E-state index in [0.717, 1.165) is 22.6 Å². The largest absolute Gasteiger partial charge is 0.398 e. The Labute approximate surface area is 88.2 Å². The summed E-state index contributed by atoms with van der Waals surface area (Å²) in [5.41, 5.74) is 7.32. The Bertz CT molecular complexity index is 336. The number of nitrogens with two attached hydrogens (primary N) is 1. The van der Waals surface area contributed by atoms with E-state index in [2.05, 4.69) is 6.58 Å². The van der Waals surface area contributed by atoms with Gasteiger partial charge in [-0.25, -0.2) is 4.39 Å². The highest BCUT2D eigenvalue weighted by Gasteiger charge is 2.00. The Hall–Kier alpha value is -0.960. The molecule has 0 spiro atoms. The van der Waals surface area contributed by atoms with Crippen molar-refractivity contribution in [2.45, 2.75) is 18.2 Å². The molecule has 0 fully saturated rings. The van der Waals surface area contributed by atoms with Crippen LogP contribution in [0, 0.1) is 5.82 Å².